The van der Waals surface area contributed by atoms with Crippen LogP contribution < -0.4 is 10.5 Å². The topological polar surface area (TPSA) is 80.4 Å². The lowest BCUT2D eigenvalue weighted by molar-refractivity contribution is 0.0186. The molecule has 0 aliphatic carbocycles. The molecule has 1 amide bonds. The SMILES string of the molecule is C#CCOc1ccc(CCN=C(N)N2CCN(C(=O)OC(C)(C)C)CC2)cc1.I. The van der Waals surface area contributed by atoms with Crippen molar-refractivity contribution in [2.75, 3.05) is 39.3 Å². The zero-order valence-electron chi connectivity index (χ0n) is 17.4. The smallest absolute Gasteiger partial charge is 0.410 e. The average Bonchev–Trinajstić information content (AvgIpc) is 2.66. The fraction of sp³-hybridized carbons (Fsp3) is 0.524. The van der Waals surface area contributed by atoms with Gasteiger partial charge in [0, 0.05) is 32.7 Å². The van der Waals surface area contributed by atoms with Gasteiger partial charge in [-0.3, -0.25) is 4.99 Å². The molecule has 0 radical (unpaired) electrons. The second-order valence-electron chi connectivity index (χ2n) is 7.58. The summed E-state index contributed by atoms with van der Waals surface area (Å²) >= 11 is 0. The minimum Gasteiger partial charge on any atom is -0.481 e. The summed E-state index contributed by atoms with van der Waals surface area (Å²) in [4.78, 5) is 20.3. The predicted octanol–water partition coefficient (Wildman–Crippen LogP) is 2.73. The number of hydrogen-bond acceptors (Lipinski definition) is 4. The number of hydrogen-bond donors (Lipinski definition) is 1. The maximum absolute atomic E-state index is 12.1. The second-order valence-corrected chi connectivity index (χ2v) is 7.58. The fourth-order valence-electron chi connectivity index (χ4n) is 2.72. The number of nitrogens with zero attached hydrogens (tertiary/aromatic N) is 3. The number of nitrogens with two attached hydrogens (primary N) is 1. The number of benzene rings is 1. The van der Waals surface area contributed by atoms with Crippen LogP contribution in [0.4, 0.5) is 4.79 Å². The van der Waals surface area contributed by atoms with Gasteiger partial charge in [0.25, 0.3) is 0 Å². The summed E-state index contributed by atoms with van der Waals surface area (Å²) in [5.41, 5.74) is 6.78. The van der Waals surface area contributed by atoms with E-state index in [2.05, 4.69) is 10.9 Å². The molecule has 1 aromatic carbocycles. The molecule has 7 nitrogen and oxygen atoms in total. The molecular weight excluding hydrogens is 483 g/mol. The first-order valence-electron chi connectivity index (χ1n) is 9.46. The minimum absolute atomic E-state index is 0. The molecule has 2 N–H and O–H groups in total. The average molecular weight is 514 g/mol. The van der Waals surface area contributed by atoms with Gasteiger partial charge in [-0.15, -0.1) is 30.4 Å². The Hall–Kier alpha value is -2.15. The van der Waals surface area contributed by atoms with Crippen LogP contribution in [-0.2, 0) is 11.2 Å². The van der Waals surface area contributed by atoms with Crippen LogP contribution in [-0.4, -0.2) is 66.8 Å². The van der Waals surface area contributed by atoms with Gasteiger partial charge in [-0.2, -0.15) is 0 Å². The van der Waals surface area contributed by atoms with Crippen molar-refractivity contribution < 1.29 is 14.3 Å². The summed E-state index contributed by atoms with van der Waals surface area (Å²) in [5.74, 6) is 3.71. The van der Waals surface area contributed by atoms with E-state index < -0.39 is 5.60 Å². The van der Waals surface area contributed by atoms with Crippen LogP contribution in [0.2, 0.25) is 0 Å². The number of aliphatic imine (C=N–C) groups is 1. The number of amides is 1. The molecular formula is C21H31IN4O3. The number of carbonyl (C=O) groups is 1. The zero-order valence-corrected chi connectivity index (χ0v) is 19.7. The van der Waals surface area contributed by atoms with Crippen molar-refractivity contribution >= 4 is 36.0 Å². The lowest BCUT2D eigenvalue weighted by atomic mass is 10.1. The quantitative estimate of drug-likeness (QED) is 0.283. The summed E-state index contributed by atoms with van der Waals surface area (Å²) in [5, 5.41) is 0. The first-order valence-corrected chi connectivity index (χ1v) is 9.46. The van der Waals surface area contributed by atoms with Gasteiger partial charge in [0.2, 0.25) is 0 Å². The number of terminal acetylenes is 1. The molecule has 1 saturated heterocycles. The van der Waals surface area contributed by atoms with Gasteiger partial charge in [0.1, 0.15) is 18.0 Å². The Bertz CT molecular complexity index is 715. The first kappa shape index (κ1) is 24.9. The summed E-state index contributed by atoms with van der Waals surface area (Å²) < 4.78 is 10.8. The minimum atomic E-state index is -0.486. The van der Waals surface area contributed by atoms with E-state index in [1.54, 1.807) is 4.90 Å². The summed E-state index contributed by atoms with van der Waals surface area (Å²) in [6, 6.07) is 7.79. The predicted molar refractivity (Wildman–Crippen MR) is 126 cm³/mol. The molecule has 1 aliphatic heterocycles. The van der Waals surface area contributed by atoms with Gasteiger partial charge in [0.05, 0.1) is 0 Å². The van der Waals surface area contributed by atoms with Crippen molar-refractivity contribution in [3.63, 3.8) is 0 Å². The molecule has 0 saturated carbocycles. The van der Waals surface area contributed by atoms with Crippen LogP contribution in [0.5, 0.6) is 5.75 Å². The van der Waals surface area contributed by atoms with Crippen LogP contribution in [0.25, 0.3) is 0 Å². The van der Waals surface area contributed by atoms with Crippen LogP contribution in [0.15, 0.2) is 29.3 Å². The lowest BCUT2D eigenvalue weighted by Crippen LogP contribution is -2.53. The number of ether oxygens (including phenoxy) is 2. The maximum Gasteiger partial charge on any atom is 0.410 e. The van der Waals surface area contributed by atoms with Crippen molar-refractivity contribution in [1.29, 1.82) is 0 Å². The van der Waals surface area contributed by atoms with Crippen molar-refractivity contribution in [2.24, 2.45) is 10.7 Å². The zero-order chi connectivity index (χ0) is 20.6. The molecule has 0 aromatic heterocycles. The first-order chi connectivity index (χ1) is 13.3. The molecule has 8 heteroatoms. The Morgan fingerprint density at radius 1 is 1.17 bits per heavy atom. The molecule has 1 heterocycles. The summed E-state index contributed by atoms with van der Waals surface area (Å²) in [7, 11) is 0. The number of guanidine groups is 1. The largest absolute Gasteiger partial charge is 0.481 e. The Kier molecular flexibility index (Phi) is 10.1. The fourth-order valence-corrected chi connectivity index (χ4v) is 2.72. The van der Waals surface area contributed by atoms with Crippen LogP contribution in [0.3, 0.4) is 0 Å². The van der Waals surface area contributed by atoms with Crippen LogP contribution in [0, 0.1) is 12.3 Å². The van der Waals surface area contributed by atoms with Gasteiger partial charge in [-0.1, -0.05) is 18.1 Å². The van der Waals surface area contributed by atoms with Gasteiger partial charge < -0.3 is 25.0 Å². The number of piperazine rings is 1. The standard InChI is InChI=1S/C21H30N4O3.HI/c1-5-16-27-18-8-6-17(7-9-18)10-11-23-19(22)24-12-14-25(15-13-24)20(26)28-21(2,3)4;/h1,6-9H,10-16H2,2-4H3,(H2,22,23);1H. The number of rotatable bonds is 5. The highest BCUT2D eigenvalue weighted by Gasteiger charge is 2.26. The third-order valence-electron chi connectivity index (χ3n) is 4.18. The highest BCUT2D eigenvalue weighted by molar-refractivity contribution is 14.0. The molecule has 160 valence electrons. The highest BCUT2D eigenvalue weighted by Crippen LogP contribution is 2.13. The highest BCUT2D eigenvalue weighted by atomic mass is 127. The summed E-state index contributed by atoms with van der Waals surface area (Å²) in [6.45, 7) is 8.90. The number of halogens is 1. The van der Waals surface area contributed by atoms with Gasteiger partial charge in [0.15, 0.2) is 5.96 Å². The molecule has 2 rings (SSSR count). The van der Waals surface area contributed by atoms with Crippen molar-refractivity contribution in [3.8, 4) is 18.1 Å². The third kappa shape index (κ3) is 8.81. The Morgan fingerprint density at radius 2 is 1.76 bits per heavy atom. The Balaban J connectivity index is 0.00000420. The molecule has 29 heavy (non-hydrogen) atoms. The molecule has 0 atom stereocenters. The Morgan fingerprint density at radius 3 is 2.31 bits per heavy atom. The van der Waals surface area contributed by atoms with E-state index >= 15 is 0 Å². The van der Waals surface area contributed by atoms with E-state index in [1.807, 2.05) is 49.9 Å². The lowest BCUT2D eigenvalue weighted by Gasteiger charge is -2.36. The van der Waals surface area contributed by atoms with Crippen molar-refractivity contribution in [2.45, 2.75) is 32.8 Å². The molecule has 1 aromatic rings. The van der Waals surface area contributed by atoms with E-state index in [0.717, 1.165) is 17.7 Å². The van der Waals surface area contributed by atoms with E-state index in [9.17, 15) is 4.79 Å². The van der Waals surface area contributed by atoms with E-state index in [4.69, 9.17) is 21.6 Å². The monoisotopic (exact) mass is 514 g/mol. The van der Waals surface area contributed by atoms with Gasteiger partial charge in [-0.25, -0.2) is 4.79 Å². The summed E-state index contributed by atoms with van der Waals surface area (Å²) in [6.07, 6.45) is 5.68. The van der Waals surface area contributed by atoms with E-state index in [0.29, 0.717) is 38.7 Å². The van der Waals surface area contributed by atoms with Crippen molar-refractivity contribution in [3.05, 3.63) is 29.8 Å². The van der Waals surface area contributed by atoms with Gasteiger partial charge >= 0.3 is 6.09 Å². The Labute approximate surface area is 190 Å². The normalized spacial score (nSPS) is 14.6. The molecule has 1 aliphatic rings. The third-order valence-corrected chi connectivity index (χ3v) is 4.18. The molecule has 1 fully saturated rings. The molecule has 0 spiro atoms. The maximum atomic E-state index is 12.1. The second kappa shape index (κ2) is 11.8. The van der Waals surface area contributed by atoms with E-state index in [-0.39, 0.29) is 36.7 Å². The van der Waals surface area contributed by atoms with E-state index in [1.165, 1.54) is 0 Å². The molecule has 0 unspecified atom stereocenters. The van der Waals surface area contributed by atoms with Crippen molar-refractivity contribution in [1.82, 2.24) is 9.80 Å². The van der Waals surface area contributed by atoms with Crippen LogP contribution in [0.1, 0.15) is 26.3 Å². The molecule has 0 bridgehead atoms. The number of carbonyl (C=O) groups excluding carboxylic acids is 1. The van der Waals surface area contributed by atoms with Crippen LogP contribution >= 0.6 is 24.0 Å². The van der Waals surface area contributed by atoms with Gasteiger partial charge in [-0.05, 0) is 44.9 Å².